The summed E-state index contributed by atoms with van der Waals surface area (Å²) in [4.78, 5) is 20.1. The summed E-state index contributed by atoms with van der Waals surface area (Å²) in [7, 11) is 0. The number of thiazole rings is 1. The van der Waals surface area contributed by atoms with E-state index in [0.29, 0.717) is 11.4 Å². The number of aromatic nitrogens is 2. The zero-order valence-electron chi connectivity index (χ0n) is 9.33. The first-order valence-corrected chi connectivity index (χ1v) is 6.31. The molecule has 1 amide bonds. The summed E-state index contributed by atoms with van der Waals surface area (Å²) in [6.07, 6.45) is 1.65. The van der Waals surface area contributed by atoms with Gasteiger partial charge < -0.3 is 5.32 Å². The van der Waals surface area contributed by atoms with Crippen molar-refractivity contribution in [3.05, 3.63) is 53.1 Å². The van der Waals surface area contributed by atoms with E-state index in [1.807, 2.05) is 30.3 Å². The van der Waals surface area contributed by atoms with Gasteiger partial charge in [0, 0.05) is 10.8 Å². The summed E-state index contributed by atoms with van der Waals surface area (Å²) >= 11 is 1.39. The molecule has 0 atom stereocenters. The zero-order valence-corrected chi connectivity index (χ0v) is 10.1. The lowest BCUT2D eigenvalue weighted by molar-refractivity contribution is 0.102. The normalized spacial score (nSPS) is 10.4. The number of anilines is 1. The summed E-state index contributed by atoms with van der Waals surface area (Å²) < 4.78 is 0. The Bertz CT molecular complexity index is 694. The van der Waals surface area contributed by atoms with Crippen molar-refractivity contribution in [3.8, 4) is 0 Å². The van der Waals surface area contributed by atoms with Crippen LogP contribution in [0.5, 0.6) is 0 Å². The number of hydrogen-bond donors (Lipinski definition) is 1. The van der Waals surface area contributed by atoms with E-state index >= 15 is 0 Å². The number of rotatable bonds is 2. The van der Waals surface area contributed by atoms with E-state index in [0.717, 1.165) is 10.9 Å². The second-order valence-electron chi connectivity index (χ2n) is 3.74. The predicted octanol–water partition coefficient (Wildman–Crippen LogP) is 2.94. The van der Waals surface area contributed by atoms with E-state index in [1.54, 1.807) is 17.1 Å². The fraction of sp³-hybridized carbons (Fsp3) is 0. The molecule has 0 bridgehead atoms. The van der Waals surface area contributed by atoms with Crippen LogP contribution >= 0.6 is 11.3 Å². The summed E-state index contributed by atoms with van der Waals surface area (Å²) in [6.45, 7) is 0. The minimum Gasteiger partial charge on any atom is -0.319 e. The quantitative estimate of drug-likeness (QED) is 0.766. The van der Waals surface area contributed by atoms with Crippen LogP contribution in [0.4, 0.5) is 5.69 Å². The third-order valence-electron chi connectivity index (χ3n) is 2.51. The molecule has 4 nitrogen and oxygen atoms in total. The van der Waals surface area contributed by atoms with Crippen molar-refractivity contribution >= 4 is 33.8 Å². The van der Waals surface area contributed by atoms with E-state index in [9.17, 15) is 4.79 Å². The van der Waals surface area contributed by atoms with Crippen molar-refractivity contribution in [3.63, 3.8) is 0 Å². The average Bonchev–Trinajstić information content (AvgIpc) is 2.92. The van der Waals surface area contributed by atoms with Crippen LogP contribution in [0.1, 0.15) is 10.5 Å². The smallest absolute Gasteiger partial charge is 0.275 e. The lowest BCUT2D eigenvalue weighted by atomic mass is 10.2. The van der Waals surface area contributed by atoms with Gasteiger partial charge in [-0.3, -0.25) is 9.78 Å². The molecule has 2 heterocycles. The summed E-state index contributed by atoms with van der Waals surface area (Å²) in [5.41, 5.74) is 3.64. The maximum Gasteiger partial charge on any atom is 0.275 e. The van der Waals surface area contributed by atoms with Gasteiger partial charge in [-0.25, -0.2) is 4.98 Å². The number of pyridine rings is 1. The van der Waals surface area contributed by atoms with Crippen LogP contribution in [-0.4, -0.2) is 15.9 Å². The molecule has 3 rings (SSSR count). The van der Waals surface area contributed by atoms with Crippen molar-refractivity contribution in [1.29, 1.82) is 0 Å². The van der Waals surface area contributed by atoms with Gasteiger partial charge in [0.05, 0.1) is 22.9 Å². The van der Waals surface area contributed by atoms with Gasteiger partial charge >= 0.3 is 0 Å². The molecule has 1 N–H and O–H groups in total. The Morgan fingerprint density at radius 2 is 2.11 bits per heavy atom. The van der Waals surface area contributed by atoms with Crippen LogP contribution in [0, 0.1) is 0 Å². The molecule has 2 aromatic heterocycles. The minimum atomic E-state index is -0.215. The monoisotopic (exact) mass is 255 g/mol. The first kappa shape index (κ1) is 10.9. The van der Waals surface area contributed by atoms with E-state index in [2.05, 4.69) is 15.3 Å². The molecule has 0 aliphatic heterocycles. The van der Waals surface area contributed by atoms with Gasteiger partial charge in [0.2, 0.25) is 0 Å². The van der Waals surface area contributed by atoms with Crippen LogP contribution < -0.4 is 5.32 Å². The Morgan fingerprint density at radius 3 is 2.94 bits per heavy atom. The first-order valence-electron chi connectivity index (χ1n) is 5.37. The Labute approximate surface area is 107 Å². The van der Waals surface area contributed by atoms with Gasteiger partial charge in [0.1, 0.15) is 5.69 Å². The maximum atomic E-state index is 11.8. The van der Waals surface area contributed by atoms with E-state index < -0.39 is 0 Å². The number of carbonyl (C=O) groups is 1. The van der Waals surface area contributed by atoms with Crippen molar-refractivity contribution in [1.82, 2.24) is 9.97 Å². The zero-order chi connectivity index (χ0) is 12.4. The second kappa shape index (κ2) is 4.54. The van der Waals surface area contributed by atoms with Crippen LogP contribution in [-0.2, 0) is 0 Å². The van der Waals surface area contributed by atoms with E-state index in [4.69, 9.17) is 0 Å². The van der Waals surface area contributed by atoms with Gasteiger partial charge in [0.15, 0.2) is 0 Å². The Morgan fingerprint density at radius 1 is 1.22 bits per heavy atom. The molecular formula is C13H9N3OS. The Kier molecular flexibility index (Phi) is 2.74. The highest BCUT2D eigenvalue weighted by Crippen LogP contribution is 2.16. The summed E-state index contributed by atoms with van der Waals surface area (Å²) in [5, 5.41) is 5.49. The van der Waals surface area contributed by atoms with Crippen molar-refractivity contribution in [2.75, 3.05) is 5.32 Å². The molecule has 3 aromatic rings. The van der Waals surface area contributed by atoms with Crippen LogP contribution in [0.25, 0.3) is 10.9 Å². The number of carbonyl (C=O) groups excluding carboxylic acids is 1. The van der Waals surface area contributed by atoms with Gasteiger partial charge in [-0.2, -0.15) is 0 Å². The number of benzene rings is 1. The molecule has 0 aliphatic carbocycles. The molecule has 1 aromatic carbocycles. The highest BCUT2D eigenvalue weighted by Gasteiger charge is 2.08. The van der Waals surface area contributed by atoms with Crippen LogP contribution in [0.3, 0.4) is 0 Å². The fourth-order valence-electron chi connectivity index (χ4n) is 1.66. The number of amides is 1. The van der Waals surface area contributed by atoms with E-state index in [-0.39, 0.29) is 5.91 Å². The van der Waals surface area contributed by atoms with Crippen molar-refractivity contribution < 1.29 is 4.79 Å². The van der Waals surface area contributed by atoms with Gasteiger partial charge in [0.25, 0.3) is 5.91 Å². The predicted molar refractivity (Wildman–Crippen MR) is 71.8 cm³/mol. The number of nitrogens with one attached hydrogen (secondary N) is 1. The molecule has 0 aliphatic rings. The topological polar surface area (TPSA) is 54.9 Å². The molecule has 18 heavy (non-hydrogen) atoms. The number of para-hydroxylation sites is 1. The van der Waals surface area contributed by atoms with Gasteiger partial charge in [-0.15, -0.1) is 11.3 Å². The minimum absolute atomic E-state index is 0.215. The van der Waals surface area contributed by atoms with Gasteiger partial charge in [-0.1, -0.05) is 18.2 Å². The maximum absolute atomic E-state index is 11.8. The summed E-state index contributed by atoms with van der Waals surface area (Å²) in [5.74, 6) is -0.215. The largest absolute Gasteiger partial charge is 0.319 e. The Hall–Kier alpha value is -2.27. The average molecular weight is 255 g/mol. The van der Waals surface area contributed by atoms with Crippen molar-refractivity contribution in [2.24, 2.45) is 0 Å². The molecule has 5 heteroatoms. The highest BCUT2D eigenvalue weighted by atomic mass is 32.1. The molecule has 0 saturated heterocycles. The molecule has 0 saturated carbocycles. The molecule has 0 spiro atoms. The standard InChI is InChI=1S/C13H9N3OS/c17-13(12-7-18-8-15-12)16-10-5-9-3-1-2-4-11(9)14-6-10/h1-8H,(H,16,17). The number of hydrogen-bond acceptors (Lipinski definition) is 4. The molecule has 0 unspecified atom stereocenters. The SMILES string of the molecule is O=C(Nc1cnc2ccccc2c1)c1cscn1. The second-order valence-corrected chi connectivity index (χ2v) is 4.46. The third-order valence-corrected chi connectivity index (χ3v) is 3.10. The Balaban J connectivity index is 1.89. The van der Waals surface area contributed by atoms with Gasteiger partial charge in [-0.05, 0) is 12.1 Å². The van der Waals surface area contributed by atoms with Crippen LogP contribution in [0.2, 0.25) is 0 Å². The first-order chi connectivity index (χ1) is 8.83. The van der Waals surface area contributed by atoms with Crippen molar-refractivity contribution in [2.45, 2.75) is 0 Å². The number of nitrogens with zero attached hydrogens (tertiary/aromatic N) is 2. The molecular weight excluding hydrogens is 246 g/mol. The van der Waals surface area contributed by atoms with E-state index in [1.165, 1.54) is 11.3 Å². The summed E-state index contributed by atoms with van der Waals surface area (Å²) in [6, 6.07) is 9.66. The fourth-order valence-corrected chi connectivity index (χ4v) is 2.19. The number of fused-ring (bicyclic) bond motifs is 1. The highest BCUT2D eigenvalue weighted by molar-refractivity contribution is 7.07. The molecule has 88 valence electrons. The molecule has 0 radical (unpaired) electrons. The third kappa shape index (κ3) is 2.08. The molecule has 0 fully saturated rings. The lowest BCUT2D eigenvalue weighted by Crippen LogP contribution is -2.12. The van der Waals surface area contributed by atoms with Crippen LogP contribution in [0.15, 0.2) is 47.4 Å². The lowest BCUT2D eigenvalue weighted by Gasteiger charge is -2.04.